The van der Waals surface area contributed by atoms with Gasteiger partial charge in [-0.2, -0.15) is 0 Å². The molecule has 2 nitrogen and oxygen atoms in total. The van der Waals surface area contributed by atoms with Crippen LogP contribution in [-0.2, 0) is 0 Å². The molecule has 0 unspecified atom stereocenters. The van der Waals surface area contributed by atoms with Gasteiger partial charge < -0.3 is 9.80 Å². The van der Waals surface area contributed by atoms with Gasteiger partial charge in [0.25, 0.3) is 0 Å². The molecule has 252 valence electrons. The summed E-state index contributed by atoms with van der Waals surface area (Å²) < 4.78 is 0. The smallest absolute Gasteiger partial charge is 0.0493 e. The molecule has 0 heterocycles. The number of para-hydroxylation sites is 2. The topological polar surface area (TPSA) is 6.48 Å². The van der Waals surface area contributed by atoms with Gasteiger partial charge in [-0.1, -0.05) is 72.8 Å². The molecule has 0 aromatic heterocycles. The van der Waals surface area contributed by atoms with E-state index < -0.39 is 0 Å². The largest absolute Gasteiger partial charge is 0.310 e. The molecule has 0 fully saturated rings. The first-order valence-electron chi connectivity index (χ1n) is 18.3. The summed E-state index contributed by atoms with van der Waals surface area (Å²) in [6.45, 7) is 13.2. The van der Waals surface area contributed by atoms with Gasteiger partial charge in [0.2, 0.25) is 0 Å². The lowest BCUT2D eigenvalue weighted by molar-refractivity contribution is 1.22. The van der Waals surface area contributed by atoms with Crippen LogP contribution in [-0.4, -0.2) is 0 Å². The summed E-state index contributed by atoms with van der Waals surface area (Å²) in [4.78, 5) is 4.85. The molecule has 9 rings (SSSR count). The molecule has 2 heteroatoms. The fourth-order valence-corrected chi connectivity index (χ4v) is 8.04. The minimum Gasteiger partial charge on any atom is -0.310 e. The third-order valence-electron chi connectivity index (χ3n) is 10.9. The van der Waals surface area contributed by atoms with E-state index in [9.17, 15) is 0 Å². The molecule has 8 aromatic carbocycles. The SMILES string of the molecule is Cc1ccc(C)c(N(c2ccc3cc4c(cc3c2)-c2cc3ccc(N(c5ccccc5C)c5cc(C)ccc5C)cc3cc2-4)c2ccccc2C)c1. The highest BCUT2D eigenvalue weighted by molar-refractivity contribution is 6.12. The molecule has 0 saturated heterocycles. The molecular formula is C50H42N2. The highest BCUT2D eigenvalue weighted by Crippen LogP contribution is 2.51. The Labute approximate surface area is 307 Å². The molecule has 0 aliphatic heterocycles. The molecule has 1 aliphatic carbocycles. The molecule has 0 bridgehead atoms. The van der Waals surface area contributed by atoms with Crippen LogP contribution in [0.15, 0.2) is 146 Å². The summed E-state index contributed by atoms with van der Waals surface area (Å²) in [5.74, 6) is 0. The number of fused-ring (bicyclic) bond motifs is 6. The van der Waals surface area contributed by atoms with Gasteiger partial charge >= 0.3 is 0 Å². The van der Waals surface area contributed by atoms with E-state index >= 15 is 0 Å². The molecule has 1 aliphatic rings. The first kappa shape index (κ1) is 31.8. The van der Waals surface area contributed by atoms with Gasteiger partial charge in [0.1, 0.15) is 0 Å². The maximum atomic E-state index is 2.42. The standard InChI is InChI=1S/C50H42N2/c1-31-15-17-35(5)49(23-31)51(47-13-9-7-11-33(47)3)41-21-19-37-27-43-45(29-39(37)25-41)44-28-38-20-22-42(26-40(38)30-46(43)44)52(48-14-10-8-12-34(48)4)50-24-32(2)16-18-36(50)6/h7-30H,1-6H3. The molecule has 0 N–H and O–H groups in total. The van der Waals surface area contributed by atoms with Crippen LogP contribution < -0.4 is 9.80 Å². The zero-order chi connectivity index (χ0) is 35.7. The predicted octanol–water partition coefficient (Wildman–Crippen LogP) is 14.4. The van der Waals surface area contributed by atoms with Crippen LogP contribution in [0.25, 0.3) is 43.8 Å². The molecule has 0 radical (unpaired) electrons. The van der Waals surface area contributed by atoms with Crippen molar-refractivity contribution in [2.75, 3.05) is 9.80 Å². The lowest BCUT2D eigenvalue weighted by Crippen LogP contribution is -2.13. The van der Waals surface area contributed by atoms with Gasteiger partial charge in [0, 0.05) is 34.1 Å². The van der Waals surface area contributed by atoms with Crippen LogP contribution >= 0.6 is 0 Å². The van der Waals surface area contributed by atoms with Crippen molar-refractivity contribution in [3.05, 3.63) is 179 Å². The van der Waals surface area contributed by atoms with E-state index in [4.69, 9.17) is 0 Å². The molecule has 0 atom stereocenters. The third-order valence-corrected chi connectivity index (χ3v) is 10.9. The summed E-state index contributed by atoms with van der Waals surface area (Å²) in [6.07, 6.45) is 0. The molecule has 52 heavy (non-hydrogen) atoms. The molecule has 0 saturated carbocycles. The number of benzene rings is 8. The second-order valence-corrected chi connectivity index (χ2v) is 14.7. The lowest BCUT2D eigenvalue weighted by Gasteiger charge is -2.30. The minimum atomic E-state index is 1.17. The van der Waals surface area contributed by atoms with Crippen LogP contribution in [0.3, 0.4) is 0 Å². The van der Waals surface area contributed by atoms with Gasteiger partial charge in [-0.3, -0.25) is 0 Å². The van der Waals surface area contributed by atoms with Crippen LogP contribution in [0.1, 0.15) is 33.4 Å². The highest BCUT2D eigenvalue weighted by atomic mass is 15.2. The Kier molecular flexibility index (Phi) is 7.52. The third kappa shape index (κ3) is 5.26. The maximum absolute atomic E-state index is 2.42. The Morgan fingerprint density at radius 2 is 0.654 bits per heavy atom. The number of anilines is 6. The summed E-state index contributed by atoms with van der Waals surface area (Å²) in [5, 5.41) is 5.02. The van der Waals surface area contributed by atoms with Crippen molar-refractivity contribution in [2.24, 2.45) is 0 Å². The second kappa shape index (κ2) is 12.3. The van der Waals surface area contributed by atoms with Crippen molar-refractivity contribution in [3.63, 3.8) is 0 Å². The predicted molar refractivity (Wildman–Crippen MR) is 224 cm³/mol. The van der Waals surface area contributed by atoms with Crippen molar-refractivity contribution in [1.82, 2.24) is 0 Å². The normalized spacial score (nSPS) is 11.7. The average molecular weight is 671 g/mol. The molecule has 0 spiro atoms. The quantitative estimate of drug-likeness (QED) is 0.174. The number of hydrogen-bond donors (Lipinski definition) is 0. The van der Waals surface area contributed by atoms with E-state index in [2.05, 4.69) is 197 Å². The van der Waals surface area contributed by atoms with Gasteiger partial charge in [-0.15, -0.1) is 0 Å². The lowest BCUT2D eigenvalue weighted by atomic mass is 9.78. The Bertz CT molecular complexity index is 2510. The van der Waals surface area contributed by atoms with Gasteiger partial charge in [-0.25, -0.2) is 0 Å². The first-order chi connectivity index (χ1) is 25.2. The fraction of sp³-hybridized carbons (Fsp3) is 0.120. The zero-order valence-electron chi connectivity index (χ0n) is 30.8. The minimum absolute atomic E-state index is 1.17. The van der Waals surface area contributed by atoms with Gasteiger partial charge in [0.05, 0.1) is 0 Å². The Hall–Kier alpha value is -6.12. The van der Waals surface area contributed by atoms with E-state index in [1.54, 1.807) is 0 Å². The number of rotatable bonds is 6. The molecule has 8 aromatic rings. The van der Waals surface area contributed by atoms with E-state index in [0.29, 0.717) is 0 Å². The monoisotopic (exact) mass is 670 g/mol. The van der Waals surface area contributed by atoms with Gasteiger partial charge in [-0.05, 0) is 192 Å². The molecular weight excluding hydrogens is 629 g/mol. The van der Waals surface area contributed by atoms with Crippen LogP contribution in [0.4, 0.5) is 34.1 Å². The van der Waals surface area contributed by atoms with Crippen molar-refractivity contribution in [1.29, 1.82) is 0 Å². The summed E-state index contributed by atoms with van der Waals surface area (Å²) in [5.41, 5.74) is 20.0. The van der Waals surface area contributed by atoms with Crippen LogP contribution in [0.2, 0.25) is 0 Å². The summed E-state index contributed by atoms with van der Waals surface area (Å²) in [6, 6.07) is 54.3. The number of nitrogens with zero attached hydrogens (tertiary/aromatic N) is 2. The maximum Gasteiger partial charge on any atom is 0.0493 e. The van der Waals surface area contributed by atoms with Crippen LogP contribution in [0.5, 0.6) is 0 Å². The summed E-state index contributed by atoms with van der Waals surface area (Å²) in [7, 11) is 0. The molecule has 0 amide bonds. The Balaban J connectivity index is 1.14. The average Bonchev–Trinajstić information content (AvgIpc) is 3.14. The van der Waals surface area contributed by atoms with Crippen molar-refractivity contribution in [3.8, 4) is 22.3 Å². The number of hydrogen-bond acceptors (Lipinski definition) is 2. The Morgan fingerprint density at radius 3 is 1.06 bits per heavy atom. The first-order valence-corrected chi connectivity index (χ1v) is 18.3. The van der Waals surface area contributed by atoms with Crippen molar-refractivity contribution in [2.45, 2.75) is 41.5 Å². The zero-order valence-corrected chi connectivity index (χ0v) is 30.8. The van der Waals surface area contributed by atoms with Crippen molar-refractivity contribution < 1.29 is 0 Å². The van der Waals surface area contributed by atoms with Crippen molar-refractivity contribution >= 4 is 55.7 Å². The Morgan fingerprint density at radius 1 is 0.288 bits per heavy atom. The van der Waals surface area contributed by atoms with Crippen LogP contribution in [0, 0.1) is 41.5 Å². The van der Waals surface area contributed by atoms with Gasteiger partial charge in [0.15, 0.2) is 0 Å². The fourth-order valence-electron chi connectivity index (χ4n) is 8.04. The van der Waals surface area contributed by atoms with E-state index in [1.807, 2.05) is 0 Å². The van der Waals surface area contributed by atoms with E-state index in [0.717, 1.165) is 0 Å². The van der Waals surface area contributed by atoms with E-state index in [-0.39, 0.29) is 0 Å². The van der Waals surface area contributed by atoms with E-state index in [1.165, 1.54) is 111 Å². The number of aryl methyl sites for hydroxylation is 6. The second-order valence-electron chi connectivity index (χ2n) is 14.7. The highest BCUT2D eigenvalue weighted by Gasteiger charge is 2.25. The summed E-state index contributed by atoms with van der Waals surface area (Å²) >= 11 is 0.